The number of halogens is 1. The second-order valence-electron chi connectivity index (χ2n) is 6.86. The summed E-state index contributed by atoms with van der Waals surface area (Å²) < 4.78 is 6.42. The molecule has 0 spiro atoms. The number of fused-ring (bicyclic) bond motifs is 3. The minimum atomic E-state index is -0.463. The van der Waals surface area contributed by atoms with Gasteiger partial charge in [-0.05, 0) is 63.8 Å². The van der Waals surface area contributed by atoms with E-state index in [1.165, 1.54) is 16.6 Å². The summed E-state index contributed by atoms with van der Waals surface area (Å²) in [5.41, 5.74) is 3.29. The van der Waals surface area contributed by atoms with Gasteiger partial charge in [-0.15, -0.1) is 0 Å². The van der Waals surface area contributed by atoms with E-state index in [-0.39, 0.29) is 12.1 Å². The molecule has 5 heteroatoms. The molecule has 1 aliphatic rings. The molecule has 0 radical (unpaired) electrons. The largest absolute Gasteiger partial charge is 0.444 e. The fourth-order valence-electron chi connectivity index (χ4n) is 2.99. The molecule has 22 heavy (non-hydrogen) atoms. The third-order valence-corrected chi connectivity index (χ3v) is 4.36. The molecular weight excluding hydrogens is 344 g/mol. The Balaban J connectivity index is 1.77. The van der Waals surface area contributed by atoms with Gasteiger partial charge >= 0.3 is 6.09 Å². The summed E-state index contributed by atoms with van der Waals surface area (Å²) in [6.07, 6.45) is 2.38. The highest BCUT2D eigenvalue weighted by Gasteiger charge is 2.25. The van der Waals surface area contributed by atoms with E-state index in [1.54, 1.807) is 0 Å². The van der Waals surface area contributed by atoms with Crippen molar-refractivity contribution >= 4 is 32.9 Å². The highest BCUT2D eigenvalue weighted by molar-refractivity contribution is 9.10. The lowest BCUT2D eigenvalue weighted by Gasteiger charge is -2.26. The maximum absolute atomic E-state index is 11.9. The van der Waals surface area contributed by atoms with E-state index in [9.17, 15) is 4.79 Å². The van der Waals surface area contributed by atoms with Crippen LogP contribution in [0.5, 0.6) is 0 Å². The highest BCUT2D eigenvalue weighted by atomic mass is 79.9. The van der Waals surface area contributed by atoms with Crippen LogP contribution in [0.25, 0.3) is 10.9 Å². The molecule has 2 aromatic rings. The molecular formula is C17H21BrN2O2. The Kier molecular flexibility index (Phi) is 3.93. The number of aromatic amines is 1. The number of alkyl carbamates (subject to hydrolysis) is 1. The number of benzene rings is 1. The van der Waals surface area contributed by atoms with Crippen molar-refractivity contribution in [1.29, 1.82) is 0 Å². The van der Waals surface area contributed by atoms with Gasteiger partial charge in [0.15, 0.2) is 0 Å². The monoisotopic (exact) mass is 364 g/mol. The minimum Gasteiger partial charge on any atom is -0.444 e. The molecule has 118 valence electrons. The first-order valence-corrected chi connectivity index (χ1v) is 8.39. The number of rotatable bonds is 1. The van der Waals surface area contributed by atoms with Crippen molar-refractivity contribution < 1.29 is 9.53 Å². The number of nitrogens with one attached hydrogen (secondary N) is 2. The summed E-state index contributed by atoms with van der Waals surface area (Å²) in [6.45, 7) is 5.63. The van der Waals surface area contributed by atoms with Crippen molar-refractivity contribution in [3.63, 3.8) is 0 Å². The second-order valence-corrected chi connectivity index (χ2v) is 7.77. The fraction of sp³-hybridized carbons (Fsp3) is 0.471. The normalized spacial score (nSPS) is 18.1. The molecule has 1 aliphatic carbocycles. The molecule has 0 saturated heterocycles. The maximum atomic E-state index is 11.9. The van der Waals surface area contributed by atoms with Crippen molar-refractivity contribution in [3.8, 4) is 0 Å². The van der Waals surface area contributed by atoms with E-state index in [4.69, 9.17) is 4.74 Å². The van der Waals surface area contributed by atoms with Gasteiger partial charge in [0, 0.05) is 27.1 Å². The smallest absolute Gasteiger partial charge is 0.407 e. The first-order valence-electron chi connectivity index (χ1n) is 7.60. The molecule has 2 N–H and O–H groups in total. The van der Waals surface area contributed by atoms with Crippen LogP contribution in [-0.4, -0.2) is 22.7 Å². The molecule has 1 aromatic carbocycles. The zero-order valence-corrected chi connectivity index (χ0v) is 14.7. The van der Waals surface area contributed by atoms with Crippen LogP contribution in [-0.2, 0) is 17.6 Å². The third-order valence-electron chi connectivity index (χ3n) is 3.87. The number of aryl methyl sites for hydroxylation is 1. The van der Waals surface area contributed by atoms with Gasteiger partial charge in [0.05, 0.1) is 0 Å². The average molecular weight is 365 g/mol. The van der Waals surface area contributed by atoms with Gasteiger partial charge in [0.2, 0.25) is 0 Å². The van der Waals surface area contributed by atoms with Crippen LogP contribution in [0.3, 0.4) is 0 Å². The number of amides is 1. The average Bonchev–Trinajstić information content (AvgIpc) is 2.74. The van der Waals surface area contributed by atoms with E-state index in [0.717, 1.165) is 29.3 Å². The van der Waals surface area contributed by atoms with Crippen molar-refractivity contribution in [2.24, 2.45) is 0 Å². The Morgan fingerprint density at radius 3 is 2.91 bits per heavy atom. The lowest BCUT2D eigenvalue weighted by atomic mass is 9.91. The first kappa shape index (κ1) is 15.4. The Labute approximate surface area is 138 Å². The summed E-state index contributed by atoms with van der Waals surface area (Å²) >= 11 is 3.53. The van der Waals surface area contributed by atoms with E-state index in [2.05, 4.69) is 38.4 Å². The minimum absolute atomic E-state index is 0.125. The molecule has 0 unspecified atom stereocenters. The zero-order valence-electron chi connectivity index (χ0n) is 13.1. The lowest BCUT2D eigenvalue weighted by Crippen LogP contribution is -2.41. The number of carbonyl (C=O) groups excluding carboxylic acids is 1. The van der Waals surface area contributed by atoms with Crippen molar-refractivity contribution in [1.82, 2.24) is 10.3 Å². The molecule has 0 fully saturated rings. The predicted octanol–water partition coefficient (Wildman–Crippen LogP) is 4.31. The molecule has 0 saturated carbocycles. The second kappa shape index (κ2) is 5.61. The maximum Gasteiger partial charge on any atom is 0.407 e. The van der Waals surface area contributed by atoms with Gasteiger partial charge in [-0.1, -0.05) is 15.9 Å². The Hall–Kier alpha value is -1.49. The summed E-state index contributed by atoms with van der Waals surface area (Å²) in [5, 5.41) is 4.23. The zero-order chi connectivity index (χ0) is 15.9. The number of hydrogen-bond donors (Lipinski definition) is 2. The lowest BCUT2D eigenvalue weighted by molar-refractivity contribution is 0.0500. The van der Waals surface area contributed by atoms with E-state index >= 15 is 0 Å². The standard InChI is InChI=1S/C17H21BrN2O2/c1-17(2,3)22-16(21)19-11-5-7-15-13(9-11)12-8-10(18)4-6-14(12)20-15/h4,6,8,11,20H,5,7,9H2,1-3H3,(H,19,21)/t11-/m1/s1. The summed E-state index contributed by atoms with van der Waals surface area (Å²) in [6, 6.07) is 6.40. The summed E-state index contributed by atoms with van der Waals surface area (Å²) in [5.74, 6) is 0. The van der Waals surface area contributed by atoms with E-state index in [1.807, 2.05) is 26.8 Å². The van der Waals surface area contributed by atoms with E-state index in [0.29, 0.717) is 0 Å². The molecule has 0 bridgehead atoms. The van der Waals surface area contributed by atoms with Crippen molar-refractivity contribution in [3.05, 3.63) is 33.9 Å². The van der Waals surface area contributed by atoms with Crippen molar-refractivity contribution in [2.75, 3.05) is 0 Å². The molecule has 1 aromatic heterocycles. The van der Waals surface area contributed by atoms with Gasteiger partial charge in [-0.25, -0.2) is 4.79 Å². The van der Waals surface area contributed by atoms with Gasteiger partial charge in [0.25, 0.3) is 0 Å². The summed E-state index contributed by atoms with van der Waals surface area (Å²) in [4.78, 5) is 15.4. The number of aromatic nitrogens is 1. The van der Waals surface area contributed by atoms with Crippen LogP contribution >= 0.6 is 15.9 Å². The first-order chi connectivity index (χ1) is 10.3. The van der Waals surface area contributed by atoms with Crippen LogP contribution in [0, 0.1) is 0 Å². The topological polar surface area (TPSA) is 54.1 Å². The summed E-state index contributed by atoms with van der Waals surface area (Å²) in [7, 11) is 0. The molecule has 3 rings (SSSR count). The Morgan fingerprint density at radius 1 is 1.41 bits per heavy atom. The van der Waals surface area contributed by atoms with Gasteiger partial charge in [-0.2, -0.15) is 0 Å². The Bertz CT molecular complexity index is 715. The highest BCUT2D eigenvalue weighted by Crippen LogP contribution is 2.31. The van der Waals surface area contributed by atoms with E-state index < -0.39 is 5.60 Å². The quantitative estimate of drug-likeness (QED) is 0.791. The van der Waals surface area contributed by atoms with Gasteiger partial charge in [-0.3, -0.25) is 0 Å². The number of ether oxygens (including phenoxy) is 1. The molecule has 1 amide bonds. The fourth-order valence-corrected chi connectivity index (χ4v) is 3.35. The van der Waals surface area contributed by atoms with Gasteiger partial charge < -0.3 is 15.0 Å². The Morgan fingerprint density at radius 2 is 2.18 bits per heavy atom. The predicted molar refractivity (Wildman–Crippen MR) is 91.2 cm³/mol. The number of carbonyl (C=O) groups is 1. The molecule has 1 atom stereocenters. The molecule has 0 aliphatic heterocycles. The van der Waals surface area contributed by atoms with Crippen LogP contribution in [0.15, 0.2) is 22.7 Å². The van der Waals surface area contributed by atoms with Crippen LogP contribution in [0.1, 0.15) is 38.4 Å². The van der Waals surface area contributed by atoms with Gasteiger partial charge in [0.1, 0.15) is 5.60 Å². The molecule has 1 heterocycles. The number of H-pyrrole nitrogens is 1. The molecule has 4 nitrogen and oxygen atoms in total. The SMILES string of the molecule is CC(C)(C)OC(=O)N[C@@H]1CCc2[nH]c3ccc(Br)cc3c2C1. The third kappa shape index (κ3) is 3.29. The van der Waals surface area contributed by atoms with Crippen LogP contribution in [0.4, 0.5) is 4.79 Å². The number of hydrogen-bond acceptors (Lipinski definition) is 2. The van der Waals surface area contributed by atoms with Crippen LogP contribution < -0.4 is 5.32 Å². The van der Waals surface area contributed by atoms with Crippen molar-refractivity contribution in [2.45, 2.75) is 51.7 Å². The van der Waals surface area contributed by atoms with Crippen LogP contribution in [0.2, 0.25) is 0 Å².